The second kappa shape index (κ2) is 6.31. The second-order valence-corrected chi connectivity index (χ2v) is 5.89. The third-order valence-corrected chi connectivity index (χ3v) is 4.28. The molecule has 0 bridgehead atoms. The van der Waals surface area contributed by atoms with Crippen LogP contribution in [-0.4, -0.2) is 27.8 Å². The Kier molecular flexibility index (Phi) is 4.25. The summed E-state index contributed by atoms with van der Waals surface area (Å²) in [6.07, 6.45) is 4.52. The number of benzene rings is 1. The standard InChI is InChI=1S/C17H24N4/c1-14(17-9-10-18-20(17)2)19-16-8-4-3-7-15(16)13-21-11-5-6-12-21/h3-4,7-10,14,19H,5-6,11-13H2,1-2H3. The van der Waals surface area contributed by atoms with E-state index in [9.17, 15) is 0 Å². The van der Waals surface area contributed by atoms with E-state index in [1.807, 2.05) is 17.9 Å². The van der Waals surface area contributed by atoms with Crippen molar-refractivity contribution in [3.8, 4) is 0 Å². The molecule has 1 aliphatic heterocycles. The summed E-state index contributed by atoms with van der Waals surface area (Å²) in [5.74, 6) is 0. The Labute approximate surface area is 126 Å². The van der Waals surface area contributed by atoms with Crippen LogP contribution in [0.2, 0.25) is 0 Å². The Morgan fingerprint density at radius 2 is 1.95 bits per heavy atom. The van der Waals surface area contributed by atoms with Gasteiger partial charge in [0.2, 0.25) is 0 Å². The number of likely N-dealkylation sites (tertiary alicyclic amines) is 1. The predicted molar refractivity (Wildman–Crippen MR) is 86.2 cm³/mol. The molecule has 0 spiro atoms. The number of nitrogens with zero attached hydrogens (tertiary/aromatic N) is 3. The summed E-state index contributed by atoms with van der Waals surface area (Å²) in [6.45, 7) is 5.68. The first-order valence-electron chi connectivity index (χ1n) is 7.79. The van der Waals surface area contributed by atoms with Gasteiger partial charge in [0.15, 0.2) is 0 Å². The first kappa shape index (κ1) is 14.1. The molecule has 1 aromatic carbocycles. The number of rotatable bonds is 5. The first-order valence-corrected chi connectivity index (χ1v) is 7.79. The van der Waals surface area contributed by atoms with E-state index in [1.165, 1.54) is 42.9 Å². The Morgan fingerprint density at radius 3 is 2.67 bits per heavy atom. The van der Waals surface area contributed by atoms with E-state index in [2.05, 4.69) is 52.6 Å². The van der Waals surface area contributed by atoms with E-state index >= 15 is 0 Å². The van der Waals surface area contributed by atoms with Crippen LogP contribution in [0.1, 0.15) is 37.1 Å². The number of para-hydroxylation sites is 1. The van der Waals surface area contributed by atoms with Gasteiger partial charge < -0.3 is 5.32 Å². The summed E-state index contributed by atoms with van der Waals surface area (Å²) < 4.78 is 1.93. The van der Waals surface area contributed by atoms with Crippen LogP contribution in [0.4, 0.5) is 5.69 Å². The molecule has 1 aliphatic rings. The zero-order valence-corrected chi connectivity index (χ0v) is 12.9. The van der Waals surface area contributed by atoms with Crippen LogP contribution in [0, 0.1) is 0 Å². The summed E-state index contributed by atoms with van der Waals surface area (Å²) in [4.78, 5) is 2.54. The molecule has 1 saturated heterocycles. The number of nitrogens with one attached hydrogen (secondary N) is 1. The summed E-state index contributed by atoms with van der Waals surface area (Å²) >= 11 is 0. The average Bonchev–Trinajstić information content (AvgIpc) is 3.12. The molecule has 2 heterocycles. The smallest absolute Gasteiger partial charge is 0.0654 e. The zero-order valence-electron chi connectivity index (χ0n) is 12.9. The van der Waals surface area contributed by atoms with Crippen molar-refractivity contribution in [3.63, 3.8) is 0 Å². The zero-order chi connectivity index (χ0) is 14.7. The minimum absolute atomic E-state index is 0.247. The fraction of sp³-hybridized carbons (Fsp3) is 0.471. The molecule has 0 saturated carbocycles. The summed E-state index contributed by atoms with van der Waals surface area (Å²) in [5, 5.41) is 7.89. The Balaban J connectivity index is 1.74. The van der Waals surface area contributed by atoms with Gasteiger partial charge in [-0.1, -0.05) is 18.2 Å². The quantitative estimate of drug-likeness (QED) is 0.915. The first-order chi connectivity index (χ1) is 10.2. The van der Waals surface area contributed by atoms with Crippen LogP contribution in [0.5, 0.6) is 0 Å². The summed E-state index contributed by atoms with van der Waals surface area (Å²) in [6, 6.07) is 11.0. The highest BCUT2D eigenvalue weighted by molar-refractivity contribution is 5.52. The second-order valence-electron chi connectivity index (χ2n) is 5.89. The van der Waals surface area contributed by atoms with Crippen molar-refractivity contribution < 1.29 is 0 Å². The van der Waals surface area contributed by atoms with Gasteiger partial charge in [0.1, 0.15) is 0 Å². The van der Waals surface area contributed by atoms with Crippen molar-refractivity contribution in [1.82, 2.24) is 14.7 Å². The van der Waals surface area contributed by atoms with Crippen molar-refractivity contribution >= 4 is 5.69 Å². The SMILES string of the molecule is CC(Nc1ccccc1CN1CCCC1)c1ccnn1C. The van der Waals surface area contributed by atoms with Crippen molar-refractivity contribution in [2.24, 2.45) is 7.05 Å². The van der Waals surface area contributed by atoms with Gasteiger partial charge in [0.25, 0.3) is 0 Å². The van der Waals surface area contributed by atoms with Crippen molar-refractivity contribution in [1.29, 1.82) is 0 Å². The van der Waals surface area contributed by atoms with E-state index in [0.717, 1.165) is 6.54 Å². The van der Waals surface area contributed by atoms with Gasteiger partial charge in [-0.3, -0.25) is 9.58 Å². The van der Waals surface area contributed by atoms with Crippen molar-refractivity contribution in [3.05, 3.63) is 47.8 Å². The Morgan fingerprint density at radius 1 is 1.19 bits per heavy atom. The maximum Gasteiger partial charge on any atom is 0.0654 e. The third-order valence-electron chi connectivity index (χ3n) is 4.28. The lowest BCUT2D eigenvalue weighted by Crippen LogP contribution is -2.20. The van der Waals surface area contributed by atoms with Gasteiger partial charge in [-0.05, 0) is 50.6 Å². The molecule has 0 aliphatic carbocycles. The number of anilines is 1. The van der Waals surface area contributed by atoms with Gasteiger partial charge >= 0.3 is 0 Å². The number of hydrogen-bond acceptors (Lipinski definition) is 3. The largest absolute Gasteiger partial charge is 0.377 e. The van der Waals surface area contributed by atoms with Crippen LogP contribution >= 0.6 is 0 Å². The van der Waals surface area contributed by atoms with E-state index in [0.29, 0.717) is 0 Å². The van der Waals surface area contributed by atoms with E-state index in [1.54, 1.807) is 0 Å². The topological polar surface area (TPSA) is 33.1 Å². The molecule has 1 unspecified atom stereocenters. The molecular formula is C17H24N4. The highest BCUT2D eigenvalue weighted by atomic mass is 15.3. The molecule has 4 heteroatoms. The van der Waals surface area contributed by atoms with Gasteiger partial charge in [-0.15, -0.1) is 0 Å². The molecule has 112 valence electrons. The molecule has 0 radical (unpaired) electrons. The third kappa shape index (κ3) is 3.27. The number of aromatic nitrogens is 2. The van der Waals surface area contributed by atoms with E-state index in [-0.39, 0.29) is 6.04 Å². The van der Waals surface area contributed by atoms with Crippen LogP contribution in [0.3, 0.4) is 0 Å². The van der Waals surface area contributed by atoms with E-state index in [4.69, 9.17) is 0 Å². The van der Waals surface area contributed by atoms with Gasteiger partial charge in [0, 0.05) is 25.5 Å². The fourth-order valence-electron chi connectivity index (χ4n) is 3.10. The van der Waals surface area contributed by atoms with Crippen LogP contribution in [0.25, 0.3) is 0 Å². The average molecular weight is 284 g/mol. The molecule has 4 nitrogen and oxygen atoms in total. The normalized spacial score (nSPS) is 17.0. The molecule has 0 amide bonds. The van der Waals surface area contributed by atoms with Crippen molar-refractivity contribution in [2.75, 3.05) is 18.4 Å². The van der Waals surface area contributed by atoms with Crippen LogP contribution < -0.4 is 5.32 Å². The molecule has 1 atom stereocenters. The number of aryl methyl sites for hydroxylation is 1. The maximum atomic E-state index is 4.25. The fourth-order valence-corrected chi connectivity index (χ4v) is 3.10. The van der Waals surface area contributed by atoms with Crippen LogP contribution in [0.15, 0.2) is 36.5 Å². The summed E-state index contributed by atoms with van der Waals surface area (Å²) in [7, 11) is 1.99. The predicted octanol–water partition coefficient (Wildman–Crippen LogP) is 3.19. The molecule has 1 aromatic heterocycles. The molecule has 1 N–H and O–H groups in total. The van der Waals surface area contributed by atoms with Gasteiger partial charge in [-0.25, -0.2) is 0 Å². The van der Waals surface area contributed by atoms with Gasteiger partial charge in [0.05, 0.1) is 11.7 Å². The summed E-state index contributed by atoms with van der Waals surface area (Å²) in [5.41, 5.74) is 3.82. The highest BCUT2D eigenvalue weighted by Crippen LogP contribution is 2.24. The number of hydrogen-bond donors (Lipinski definition) is 1. The Bertz CT molecular complexity index is 584. The minimum Gasteiger partial charge on any atom is -0.377 e. The minimum atomic E-state index is 0.247. The van der Waals surface area contributed by atoms with Gasteiger partial charge in [-0.2, -0.15) is 5.10 Å². The molecule has 1 fully saturated rings. The van der Waals surface area contributed by atoms with Crippen molar-refractivity contribution in [2.45, 2.75) is 32.4 Å². The lowest BCUT2D eigenvalue weighted by atomic mass is 10.1. The monoisotopic (exact) mass is 284 g/mol. The lowest BCUT2D eigenvalue weighted by Gasteiger charge is -2.21. The van der Waals surface area contributed by atoms with E-state index < -0.39 is 0 Å². The molecule has 2 aromatic rings. The maximum absolute atomic E-state index is 4.25. The molecule has 3 rings (SSSR count). The highest BCUT2D eigenvalue weighted by Gasteiger charge is 2.15. The molecule has 21 heavy (non-hydrogen) atoms. The van der Waals surface area contributed by atoms with Crippen LogP contribution in [-0.2, 0) is 13.6 Å². The Hall–Kier alpha value is -1.81. The lowest BCUT2D eigenvalue weighted by molar-refractivity contribution is 0.332. The molecular weight excluding hydrogens is 260 g/mol.